The van der Waals surface area contributed by atoms with E-state index in [0.29, 0.717) is 12.2 Å². The Bertz CT molecular complexity index is 482. The quantitative estimate of drug-likeness (QED) is 0.813. The SMILES string of the molecule is CC(C)C(=O)Cc1ccc2[nH]ccc2c1. The number of benzene rings is 1. The van der Waals surface area contributed by atoms with Crippen LogP contribution >= 0.6 is 0 Å². The highest BCUT2D eigenvalue weighted by molar-refractivity contribution is 5.85. The lowest BCUT2D eigenvalue weighted by atomic mass is 10.0. The minimum atomic E-state index is 0.118. The molecule has 1 aromatic carbocycles. The Hall–Kier alpha value is -1.57. The highest BCUT2D eigenvalue weighted by Crippen LogP contribution is 2.15. The number of hydrogen-bond acceptors (Lipinski definition) is 1. The van der Waals surface area contributed by atoms with E-state index in [0.717, 1.165) is 11.1 Å². The predicted molar refractivity (Wildman–Crippen MR) is 61.8 cm³/mol. The first kappa shape index (κ1) is 9.97. The van der Waals surface area contributed by atoms with Crippen molar-refractivity contribution in [2.45, 2.75) is 20.3 Å². The smallest absolute Gasteiger partial charge is 0.139 e. The van der Waals surface area contributed by atoms with Gasteiger partial charge in [0.15, 0.2) is 0 Å². The fourth-order valence-electron chi connectivity index (χ4n) is 1.62. The first-order valence-corrected chi connectivity index (χ1v) is 5.25. The van der Waals surface area contributed by atoms with E-state index in [1.807, 2.05) is 38.2 Å². The molecule has 1 heterocycles. The number of rotatable bonds is 3. The van der Waals surface area contributed by atoms with Crippen molar-refractivity contribution in [3.05, 3.63) is 36.0 Å². The number of carbonyl (C=O) groups excluding carboxylic acids is 1. The standard InChI is InChI=1S/C13H15NO/c1-9(2)13(15)8-10-3-4-12-11(7-10)5-6-14-12/h3-7,9,14H,8H2,1-2H3. The van der Waals surface area contributed by atoms with E-state index in [4.69, 9.17) is 0 Å². The van der Waals surface area contributed by atoms with Crippen LogP contribution in [-0.2, 0) is 11.2 Å². The molecule has 0 saturated heterocycles. The molecule has 0 bridgehead atoms. The molecule has 2 nitrogen and oxygen atoms in total. The van der Waals surface area contributed by atoms with E-state index in [1.54, 1.807) is 0 Å². The molecule has 0 saturated carbocycles. The number of aromatic nitrogens is 1. The van der Waals surface area contributed by atoms with Crippen LogP contribution in [0, 0.1) is 5.92 Å². The summed E-state index contributed by atoms with van der Waals surface area (Å²) in [5.41, 5.74) is 2.22. The number of nitrogens with one attached hydrogen (secondary N) is 1. The maximum Gasteiger partial charge on any atom is 0.139 e. The van der Waals surface area contributed by atoms with Gasteiger partial charge in [-0.05, 0) is 29.1 Å². The maximum absolute atomic E-state index is 11.6. The predicted octanol–water partition coefficient (Wildman–Crippen LogP) is 2.94. The van der Waals surface area contributed by atoms with Crippen LogP contribution in [0.25, 0.3) is 10.9 Å². The maximum atomic E-state index is 11.6. The first-order chi connectivity index (χ1) is 7.16. The van der Waals surface area contributed by atoms with Gasteiger partial charge in [0.2, 0.25) is 0 Å². The summed E-state index contributed by atoms with van der Waals surface area (Å²) in [6, 6.07) is 8.14. The Kier molecular flexibility index (Phi) is 2.58. The van der Waals surface area contributed by atoms with E-state index >= 15 is 0 Å². The van der Waals surface area contributed by atoms with Gasteiger partial charge in [-0.2, -0.15) is 0 Å². The van der Waals surface area contributed by atoms with Gasteiger partial charge in [-0.1, -0.05) is 19.9 Å². The highest BCUT2D eigenvalue weighted by Gasteiger charge is 2.08. The summed E-state index contributed by atoms with van der Waals surface area (Å²) in [6.45, 7) is 3.88. The highest BCUT2D eigenvalue weighted by atomic mass is 16.1. The van der Waals surface area contributed by atoms with Gasteiger partial charge in [-0.3, -0.25) is 4.79 Å². The van der Waals surface area contributed by atoms with Gasteiger partial charge in [-0.15, -0.1) is 0 Å². The summed E-state index contributed by atoms with van der Waals surface area (Å²) in [5, 5.41) is 1.17. The van der Waals surface area contributed by atoms with Crippen LogP contribution in [0.5, 0.6) is 0 Å². The Labute approximate surface area is 89.3 Å². The van der Waals surface area contributed by atoms with Gasteiger partial charge in [-0.25, -0.2) is 0 Å². The molecule has 2 heteroatoms. The minimum Gasteiger partial charge on any atom is -0.361 e. The molecule has 0 amide bonds. The topological polar surface area (TPSA) is 32.9 Å². The third-order valence-corrected chi connectivity index (χ3v) is 2.64. The van der Waals surface area contributed by atoms with E-state index in [2.05, 4.69) is 11.1 Å². The number of carbonyl (C=O) groups is 1. The van der Waals surface area contributed by atoms with Crippen LogP contribution in [0.15, 0.2) is 30.5 Å². The molecule has 2 rings (SSSR count). The monoisotopic (exact) mass is 201 g/mol. The lowest BCUT2D eigenvalue weighted by Crippen LogP contribution is -2.09. The summed E-state index contributed by atoms with van der Waals surface area (Å²) >= 11 is 0. The molecular weight excluding hydrogens is 186 g/mol. The molecule has 0 spiro atoms. The molecule has 1 aromatic heterocycles. The average molecular weight is 201 g/mol. The van der Waals surface area contributed by atoms with Crippen molar-refractivity contribution in [1.82, 2.24) is 4.98 Å². The van der Waals surface area contributed by atoms with Crippen LogP contribution < -0.4 is 0 Å². The number of ketones is 1. The van der Waals surface area contributed by atoms with Gasteiger partial charge in [0.1, 0.15) is 5.78 Å². The van der Waals surface area contributed by atoms with Crippen molar-refractivity contribution in [1.29, 1.82) is 0 Å². The fourth-order valence-corrected chi connectivity index (χ4v) is 1.62. The summed E-state index contributed by atoms with van der Waals surface area (Å²) in [6.07, 6.45) is 2.46. The van der Waals surface area contributed by atoms with Crippen molar-refractivity contribution in [3.8, 4) is 0 Å². The second kappa shape index (κ2) is 3.89. The molecule has 0 aliphatic rings. The van der Waals surface area contributed by atoms with Gasteiger partial charge >= 0.3 is 0 Å². The van der Waals surface area contributed by atoms with Gasteiger partial charge in [0.05, 0.1) is 0 Å². The van der Waals surface area contributed by atoms with Crippen molar-refractivity contribution in [2.24, 2.45) is 5.92 Å². The van der Waals surface area contributed by atoms with E-state index < -0.39 is 0 Å². The molecule has 1 N–H and O–H groups in total. The molecule has 0 atom stereocenters. The Morgan fingerprint density at radius 3 is 2.87 bits per heavy atom. The number of fused-ring (bicyclic) bond motifs is 1. The Morgan fingerprint density at radius 1 is 1.33 bits per heavy atom. The van der Waals surface area contributed by atoms with Crippen molar-refractivity contribution in [3.63, 3.8) is 0 Å². The first-order valence-electron chi connectivity index (χ1n) is 5.25. The fraction of sp³-hybridized carbons (Fsp3) is 0.308. The molecule has 0 fully saturated rings. The summed E-state index contributed by atoms with van der Waals surface area (Å²) in [4.78, 5) is 14.7. The molecule has 15 heavy (non-hydrogen) atoms. The van der Waals surface area contributed by atoms with Crippen molar-refractivity contribution >= 4 is 16.7 Å². The largest absolute Gasteiger partial charge is 0.361 e. The van der Waals surface area contributed by atoms with Gasteiger partial charge < -0.3 is 4.98 Å². The molecule has 2 aromatic rings. The van der Waals surface area contributed by atoms with Crippen LogP contribution in [0.4, 0.5) is 0 Å². The van der Waals surface area contributed by atoms with Crippen LogP contribution in [0.3, 0.4) is 0 Å². The zero-order chi connectivity index (χ0) is 10.8. The third-order valence-electron chi connectivity index (χ3n) is 2.64. The van der Waals surface area contributed by atoms with Crippen LogP contribution in [0.1, 0.15) is 19.4 Å². The second-order valence-electron chi connectivity index (χ2n) is 4.20. The van der Waals surface area contributed by atoms with E-state index in [1.165, 1.54) is 5.39 Å². The molecule has 0 aliphatic heterocycles. The Morgan fingerprint density at radius 2 is 2.13 bits per heavy atom. The number of H-pyrrole nitrogens is 1. The lowest BCUT2D eigenvalue weighted by molar-refractivity contribution is -0.121. The average Bonchev–Trinajstić information content (AvgIpc) is 2.64. The zero-order valence-corrected chi connectivity index (χ0v) is 9.08. The second-order valence-corrected chi connectivity index (χ2v) is 4.20. The summed E-state index contributed by atoms with van der Waals surface area (Å²) < 4.78 is 0. The zero-order valence-electron chi connectivity index (χ0n) is 9.08. The van der Waals surface area contributed by atoms with E-state index in [-0.39, 0.29) is 5.92 Å². The Balaban J connectivity index is 2.25. The molecular formula is C13H15NO. The molecule has 78 valence electrons. The molecule has 0 radical (unpaired) electrons. The number of hydrogen-bond donors (Lipinski definition) is 1. The van der Waals surface area contributed by atoms with Crippen molar-refractivity contribution < 1.29 is 4.79 Å². The lowest BCUT2D eigenvalue weighted by Gasteiger charge is -2.04. The van der Waals surface area contributed by atoms with Crippen LogP contribution in [0.2, 0.25) is 0 Å². The third kappa shape index (κ3) is 2.09. The minimum absolute atomic E-state index is 0.118. The van der Waals surface area contributed by atoms with Crippen molar-refractivity contribution in [2.75, 3.05) is 0 Å². The number of aromatic amines is 1. The summed E-state index contributed by atoms with van der Waals surface area (Å²) in [7, 11) is 0. The summed E-state index contributed by atoms with van der Waals surface area (Å²) in [5.74, 6) is 0.414. The van der Waals surface area contributed by atoms with Crippen LogP contribution in [-0.4, -0.2) is 10.8 Å². The van der Waals surface area contributed by atoms with E-state index in [9.17, 15) is 4.79 Å². The number of Topliss-reactive ketones (excluding diaryl/α,β-unsaturated/α-hetero) is 1. The van der Waals surface area contributed by atoms with Gasteiger partial charge in [0, 0.05) is 24.1 Å². The molecule has 0 aliphatic carbocycles. The normalized spacial score (nSPS) is 11.1. The van der Waals surface area contributed by atoms with Gasteiger partial charge in [0.25, 0.3) is 0 Å². The molecule has 0 unspecified atom stereocenters.